The predicted molar refractivity (Wildman–Crippen MR) is 99.6 cm³/mol. The average molecular weight is 341 g/mol. The number of aromatic nitrogens is 1. The molecule has 1 aromatic carbocycles. The molecule has 2 heterocycles. The Labute approximate surface area is 147 Å². The number of nitrogens with zero attached hydrogens (tertiary/aromatic N) is 3. The van der Waals surface area contributed by atoms with Crippen LogP contribution in [0.2, 0.25) is 0 Å². The predicted octanol–water partition coefficient (Wildman–Crippen LogP) is 2.24. The highest BCUT2D eigenvalue weighted by atomic mass is 16.5. The number of pyridine rings is 1. The van der Waals surface area contributed by atoms with Crippen molar-refractivity contribution in [2.45, 2.75) is 13.0 Å². The van der Waals surface area contributed by atoms with Crippen molar-refractivity contribution in [1.82, 2.24) is 4.98 Å². The van der Waals surface area contributed by atoms with E-state index >= 15 is 0 Å². The number of benzene rings is 1. The molecular weight excluding hydrogens is 318 g/mol. The number of hydrogen-bond acceptors (Lipinski definition) is 5. The van der Waals surface area contributed by atoms with Crippen molar-refractivity contribution in [2.24, 2.45) is 10.7 Å². The molecular formula is C18H23N5O2. The minimum atomic E-state index is 0.326. The summed E-state index contributed by atoms with van der Waals surface area (Å²) in [5.41, 5.74) is 7.65. The van der Waals surface area contributed by atoms with Gasteiger partial charge in [0.2, 0.25) is 0 Å². The van der Waals surface area contributed by atoms with Gasteiger partial charge in [-0.25, -0.2) is 9.98 Å². The third-order valence-corrected chi connectivity index (χ3v) is 3.68. The molecule has 0 unspecified atom stereocenters. The molecule has 3 rings (SSSR count). The first-order valence-corrected chi connectivity index (χ1v) is 8.21. The number of anilines is 2. The normalized spacial score (nSPS) is 13.9. The number of nitrogens with one attached hydrogen (secondary N) is 1. The number of hydrogen-bond donors (Lipinski definition) is 2. The molecule has 0 radical (unpaired) electrons. The highest BCUT2D eigenvalue weighted by Crippen LogP contribution is 2.32. The van der Waals surface area contributed by atoms with E-state index in [1.54, 1.807) is 0 Å². The summed E-state index contributed by atoms with van der Waals surface area (Å²) < 4.78 is 11.3. The van der Waals surface area contributed by atoms with Gasteiger partial charge < -0.3 is 25.4 Å². The molecule has 7 nitrogen and oxygen atoms in total. The van der Waals surface area contributed by atoms with Gasteiger partial charge >= 0.3 is 0 Å². The highest BCUT2D eigenvalue weighted by Gasteiger charge is 2.10. The maximum atomic E-state index is 5.99. The number of guanidine groups is 1. The van der Waals surface area contributed by atoms with E-state index in [1.807, 2.05) is 55.4 Å². The van der Waals surface area contributed by atoms with Crippen LogP contribution in [0.15, 0.2) is 41.4 Å². The molecule has 0 atom stereocenters. The molecule has 25 heavy (non-hydrogen) atoms. The number of nitrogens with two attached hydrogens (primary N) is 1. The lowest BCUT2D eigenvalue weighted by Gasteiger charge is -2.12. The molecule has 2 aromatic rings. The van der Waals surface area contributed by atoms with Crippen LogP contribution in [-0.2, 0) is 6.54 Å². The summed E-state index contributed by atoms with van der Waals surface area (Å²) in [6.45, 7) is 1.72. The lowest BCUT2D eigenvalue weighted by atomic mass is 10.3. The van der Waals surface area contributed by atoms with Crippen LogP contribution in [-0.4, -0.2) is 38.3 Å². The Morgan fingerprint density at radius 3 is 2.80 bits per heavy atom. The van der Waals surface area contributed by atoms with Crippen LogP contribution in [0.3, 0.4) is 0 Å². The van der Waals surface area contributed by atoms with Gasteiger partial charge in [-0.15, -0.1) is 0 Å². The van der Waals surface area contributed by atoms with Crippen LogP contribution in [0.4, 0.5) is 11.5 Å². The lowest BCUT2D eigenvalue weighted by molar-refractivity contribution is 0.297. The Hall–Kier alpha value is -2.96. The molecule has 1 aliphatic heterocycles. The van der Waals surface area contributed by atoms with Crippen LogP contribution in [0.25, 0.3) is 0 Å². The third kappa shape index (κ3) is 4.53. The zero-order valence-corrected chi connectivity index (χ0v) is 14.5. The van der Waals surface area contributed by atoms with Crippen molar-refractivity contribution in [3.8, 4) is 11.5 Å². The van der Waals surface area contributed by atoms with E-state index in [1.165, 1.54) is 0 Å². The van der Waals surface area contributed by atoms with Gasteiger partial charge in [0.15, 0.2) is 17.5 Å². The van der Waals surface area contributed by atoms with E-state index in [0.717, 1.165) is 35.1 Å². The summed E-state index contributed by atoms with van der Waals surface area (Å²) in [6, 6.07) is 11.5. The zero-order valence-electron chi connectivity index (χ0n) is 14.5. The molecule has 0 bridgehead atoms. The van der Waals surface area contributed by atoms with Crippen molar-refractivity contribution < 1.29 is 9.47 Å². The molecule has 0 saturated heterocycles. The lowest BCUT2D eigenvalue weighted by Crippen LogP contribution is -2.22. The van der Waals surface area contributed by atoms with Crippen LogP contribution in [0.5, 0.6) is 11.5 Å². The molecule has 0 fully saturated rings. The van der Waals surface area contributed by atoms with Gasteiger partial charge in [-0.05, 0) is 24.3 Å². The van der Waals surface area contributed by atoms with Crippen molar-refractivity contribution in [3.05, 3.63) is 42.1 Å². The number of ether oxygens (including phenoxy) is 2. The number of aliphatic imine (C=N–C) groups is 1. The summed E-state index contributed by atoms with van der Waals surface area (Å²) in [5, 5.41) is 3.07. The molecule has 0 spiro atoms. The summed E-state index contributed by atoms with van der Waals surface area (Å²) in [7, 11) is 3.91. The quantitative estimate of drug-likeness (QED) is 0.655. The second-order valence-corrected chi connectivity index (χ2v) is 5.92. The molecule has 1 aliphatic rings. The Balaban J connectivity index is 1.65. The van der Waals surface area contributed by atoms with Gasteiger partial charge in [-0.2, -0.15) is 0 Å². The van der Waals surface area contributed by atoms with E-state index < -0.39 is 0 Å². The fourth-order valence-electron chi connectivity index (χ4n) is 2.40. The smallest absolute Gasteiger partial charge is 0.193 e. The van der Waals surface area contributed by atoms with Gasteiger partial charge in [-0.1, -0.05) is 6.07 Å². The second-order valence-electron chi connectivity index (χ2n) is 5.92. The van der Waals surface area contributed by atoms with E-state index in [0.29, 0.717) is 25.7 Å². The second kappa shape index (κ2) is 7.74. The van der Waals surface area contributed by atoms with Gasteiger partial charge in [-0.3, -0.25) is 0 Å². The molecule has 132 valence electrons. The first-order valence-electron chi connectivity index (χ1n) is 8.21. The van der Waals surface area contributed by atoms with E-state index in [4.69, 9.17) is 15.2 Å². The van der Waals surface area contributed by atoms with Crippen LogP contribution < -0.4 is 25.4 Å². The van der Waals surface area contributed by atoms with Crippen molar-refractivity contribution in [2.75, 3.05) is 37.5 Å². The molecule has 0 saturated carbocycles. The van der Waals surface area contributed by atoms with Crippen molar-refractivity contribution >= 4 is 17.5 Å². The monoisotopic (exact) mass is 341 g/mol. The standard InChI is InChI=1S/C18H23N5O2/c1-23(2)17-6-3-5-14(21-17)12-20-18(19)22-13-7-8-15-16(11-13)25-10-4-9-24-15/h3,5-8,11H,4,9-10,12H2,1-2H3,(H3,19,20,22). The Bertz CT molecular complexity index is 761. The molecule has 1 aromatic heterocycles. The Kier molecular flexibility index (Phi) is 5.23. The number of rotatable bonds is 4. The maximum absolute atomic E-state index is 5.99. The summed E-state index contributed by atoms with van der Waals surface area (Å²) in [5.74, 6) is 2.69. The largest absolute Gasteiger partial charge is 0.490 e. The fourth-order valence-corrected chi connectivity index (χ4v) is 2.40. The fraction of sp³-hybridized carbons (Fsp3) is 0.333. The topological polar surface area (TPSA) is 85.0 Å². The molecule has 0 aliphatic carbocycles. The van der Waals surface area contributed by atoms with Gasteiger partial charge in [0.1, 0.15) is 5.82 Å². The first kappa shape index (κ1) is 16.9. The van der Waals surface area contributed by atoms with Crippen LogP contribution in [0, 0.1) is 0 Å². The van der Waals surface area contributed by atoms with E-state index in [9.17, 15) is 0 Å². The number of fused-ring (bicyclic) bond motifs is 1. The highest BCUT2D eigenvalue weighted by molar-refractivity contribution is 5.92. The molecule has 3 N–H and O–H groups in total. The molecule has 0 amide bonds. The minimum Gasteiger partial charge on any atom is -0.490 e. The minimum absolute atomic E-state index is 0.326. The maximum Gasteiger partial charge on any atom is 0.193 e. The van der Waals surface area contributed by atoms with Gasteiger partial charge in [0.05, 0.1) is 25.5 Å². The summed E-state index contributed by atoms with van der Waals surface area (Å²) >= 11 is 0. The zero-order chi connectivity index (χ0) is 17.6. The van der Waals surface area contributed by atoms with Crippen LogP contribution in [0.1, 0.15) is 12.1 Å². The van der Waals surface area contributed by atoms with Crippen molar-refractivity contribution in [1.29, 1.82) is 0 Å². The third-order valence-electron chi connectivity index (χ3n) is 3.68. The van der Waals surface area contributed by atoms with Gasteiger partial charge in [0, 0.05) is 32.3 Å². The van der Waals surface area contributed by atoms with E-state index in [2.05, 4.69) is 15.3 Å². The Morgan fingerprint density at radius 1 is 1.20 bits per heavy atom. The average Bonchev–Trinajstić information content (AvgIpc) is 2.85. The summed E-state index contributed by atoms with van der Waals surface area (Å²) in [4.78, 5) is 10.8. The Morgan fingerprint density at radius 2 is 2.00 bits per heavy atom. The SMILES string of the molecule is CN(C)c1cccc(CN=C(N)Nc2ccc3c(c2)OCCCO3)n1. The molecule has 7 heteroatoms. The van der Waals surface area contributed by atoms with E-state index in [-0.39, 0.29) is 0 Å². The first-order chi connectivity index (χ1) is 12.1. The summed E-state index contributed by atoms with van der Waals surface area (Å²) in [6.07, 6.45) is 0.875. The van der Waals surface area contributed by atoms with Gasteiger partial charge in [0.25, 0.3) is 0 Å². The van der Waals surface area contributed by atoms with Crippen LogP contribution >= 0.6 is 0 Å². The van der Waals surface area contributed by atoms with Crippen molar-refractivity contribution in [3.63, 3.8) is 0 Å².